The molecule has 1 aromatic carbocycles. The van der Waals surface area contributed by atoms with Crippen molar-refractivity contribution in [1.82, 2.24) is 10.2 Å². The molecule has 0 atom stereocenters. The van der Waals surface area contributed by atoms with Crippen molar-refractivity contribution < 1.29 is 9.18 Å². The van der Waals surface area contributed by atoms with Gasteiger partial charge in [0.25, 0.3) is 5.91 Å². The number of aromatic nitrogens is 2. The van der Waals surface area contributed by atoms with Crippen molar-refractivity contribution in [2.24, 2.45) is 0 Å². The average Bonchev–Trinajstić information content (AvgIpc) is 2.53. The van der Waals surface area contributed by atoms with E-state index in [1.54, 1.807) is 12.1 Å². The Morgan fingerprint density at radius 3 is 2.57 bits per heavy atom. The van der Waals surface area contributed by atoms with Gasteiger partial charge >= 0.3 is 0 Å². The van der Waals surface area contributed by atoms with E-state index in [4.69, 9.17) is 11.6 Å². The molecule has 0 unspecified atom stereocenters. The summed E-state index contributed by atoms with van der Waals surface area (Å²) >= 11 is 5.85. The molecule has 0 saturated carbocycles. The lowest BCUT2D eigenvalue weighted by atomic mass is 10.2. The number of halogens is 2. The Balaban J connectivity index is 1.96. The SMILES string of the molecule is CCCCCNc1ccc(NC(=O)c2c(F)cccc2Cl)nn1. The van der Waals surface area contributed by atoms with Gasteiger partial charge in [-0.15, -0.1) is 10.2 Å². The van der Waals surface area contributed by atoms with Crippen molar-refractivity contribution in [2.75, 3.05) is 17.2 Å². The first kappa shape index (κ1) is 17.1. The van der Waals surface area contributed by atoms with Crippen molar-refractivity contribution >= 4 is 29.1 Å². The van der Waals surface area contributed by atoms with Gasteiger partial charge in [0.1, 0.15) is 11.6 Å². The van der Waals surface area contributed by atoms with Crippen LogP contribution in [0.3, 0.4) is 0 Å². The van der Waals surface area contributed by atoms with Gasteiger partial charge in [-0.2, -0.15) is 0 Å². The summed E-state index contributed by atoms with van der Waals surface area (Å²) in [5.74, 6) is -0.486. The Bertz CT molecular complexity index is 643. The molecule has 0 bridgehead atoms. The molecule has 0 aliphatic rings. The standard InChI is InChI=1S/C16H18ClFN4O/c1-2-3-4-10-19-13-8-9-14(22-21-13)20-16(23)15-11(17)6-5-7-12(15)18/h5-9H,2-4,10H2,1H3,(H,19,21)(H,20,22,23). The van der Waals surface area contributed by atoms with Gasteiger partial charge in [-0.3, -0.25) is 4.79 Å². The number of rotatable bonds is 7. The largest absolute Gasteiger partial charge is 0.369 e. The van der Waals surface area contributed by atoms with E-state index < -0.39 is 11.7 Å². The van der Waals surface area contributed by atoms with E-state index in [1.165, 1.54) is 18.2 Å². The summed E-state index contributed by atoms with van der Waals surface area (Å²) in [5, 5.41) is 13.5. The first-order valence-electron chi connectivity index (χ1n) is 7.44. The zero-order chi connectivity index (χ0) is 16.7. The maximum atomic E-state index is 13.7. The summed E-state index contributed by atoms with van der Waals surface area (Å²) in [6.07, 6.45) is 3.36. The molecule has 0 aliphatic heterocycles. The van der Waals surface area contributed by atoms with Crippen molar-refractivity contribution in [3.05, 3.63) is 46.7 Å². The molecular weight excluding hydrogens is 319 g/mol. The second-order valence-corrected chi connectivity index (χ2v) is 5.40. The van der Waals surface area contributed by atoms with Crippen LogP contribution in [-0.4, -0.2) is 22.6 Å². The normalized spacial score (nSPS) is 10.4. The Kier molecular flexibility index (Phi) is 6.29. The van der Waals surface area contributed by atoms with Gasteiger partial charge in [0.2, 0.25) is 0 Å². The van der Waals surface area contributed by atoms with Crippen LogP contribution < -0.4 is 10.6 Å². The molecule has 0 saturated heterocycles. The number of benzene rings is 1. The molecule has 1 heterocycles. The fourth-order valence-corrected chi connectivity index (χ4v) is 2.23. The molecule has 0 spiro atoms. The second kappa shape index (κ2) is 8.43. The van der Waals surface area contributed by atoms with Crippen LogP contribution in [0, 0.1) is 5.82 Å². The molecule has 7 heteroatoms. The van der Waals surface area contributed by atoms with Gasteiger partial charge in [0, 0.05) is 6.54 Å². The van der Waals surface area contributed by atoms with E-state index in [9.17, 15) is 9.18 Å². The monoisotopic (exact) mass is 336 g/mol. The molecule has 122 valence electrons. The third-order valence-electron chi connectivity index (χ3n) is 3.18. The minimum Gasteiger partial charge on any atom is -0.369 e. The van der Waals surface area contributed by atoms with E-state index in [0.717, 1.165) is 25.8 Å². The number of hydrogen-bond acceptors (Lipinski definition) is 4. The molecule has 2 aromatic rings. The van der Waals surface area contributed by atoms with Crippen LogP contribution in [-0.2, 0) is 0 Å². The highest BCUT2D eigenvalue weighted by atomic mass is 35.5. The number of unbranched alkanes of at least 4 members (excludes halogenated alkanes) is 2. The van der Waals surface area contributed by atoms with Crippen molar-refractivity contribution in [3.8, 4) is 0 Å². The number of carbonyl (C=O) groups excluding carboxylic acids is 1. The van der Waals surface area contributed by atoms with Crippen molar-refractivity contribution in [1.29, 1.82) is 0 Å². The zero-order valence-corrected chi connectivity index (χ0v) is 13.5. The Morgan fingerprint density at radius 2 is 1.91 bits per heavy atom. The zero-order valence-electron chi connectivity index (χ0n) is 12.8. The van der Waals surface area contributed by atoms with Gasteiger partial charge in [-0.1, -0.05) is 37.4 Å². The summed E-state index contributed by atoms with van der Waals surface area (Å²) in [7, 11) is 0. The minimum absolute atomic E-state index is 0.0460. The fourth-order valence-electron chi connectivity index (χ4n) is 1.98. The van der Waals surface area contributed by atoms with Gasteiger partial charge in [0.05, 0.1) is 10.6 Å². The van der Waals surface area contributed by atoms with E-state index in [1.807, 2.05) is 0 Å². The number of amides is 1. The van der Waals surface area contributed by atoms with Gasteiger partial charge in [-0.25, -0.2) is 4.39 Å². The summed E-state index contributed by atoms with van der Waals surface area (Å²) in [4.78, 5) is 12.1. The minimum atomic E-state index is -0.683. The van der Waals surface area contributed by atoms with Crippen LogP contribution >= 0.6 is 11.6 Å². The Hall–Kier alpha value is -2.21. The maximum Gasteiger partial charge on any atom is 0.261 e. The molecule has 5 nitrogen and oxygen atoms in total. The highest BCUT2D eigenvalue weighted by molar-refractivity contribution is 6.34. The van der Waals surface area contributed by atoms with Crippen molar-refractivity contribution in [3.63, 3.8) is 0 Å². The van der Waals surface area contributed by atoms with Crippen LogP contribution in [0.25, 0.3) is 0 Å². The summed E-state index contributed by atoms with van der Waals surface area (Å²) < 4.78 is 13.7. The van der Waals surface area contributed by atoms with Crippen LogP contribution in [0.2, 0.25) is 5.02 Å². The van der Waals surface area contributed by atoms with Crippen molar-refractivity contribution in [2.45, 2.75) is 26.2 Å². The number of carbonyl (C=O) groups is 1. The third kappa shape index (κ3) is 4.89. The van der Waals surface area contributed by atoms with E-state index in [2.05, 4.69) is 27.8 Å². The molecule has 0 aliphatic carbocycles. The van der Waals surface area contributed by atoms with Gasteiger partial charge < -0.3 is 10.6 Å². The number of hydrogen-bond donors (Lipinski definition) is 2. The molecule has 0 radical (unpaired) electrons. The van der Waals surface area contributed by atoms with Crippen LogP contribution in [0.5, 0.6) is 0 Å². The van der Waals surface area contributed by atoms with E-state index in [-0.39, 0.29) is 16.4 Å². The smallest absolute Gasteiger partial charge is 0.261 e. The predicted octanol–water partition coefficient (Wildman–Crippen LogP) is 4.12. The molecule has 2 N–H and O–H groups in total. The quantitative estimate of drug-likeness (QED) is 0.746. The summed E-state index contributed by atoms with van der Waals surface area (Å²) in [6.45, 7) is 2.96. The highest BCUT2D eigenvalue weighted by Crippen LogP contribution is 2.20. The molecular formula is C16H18ClFN4O. The van der Waals surface area contributed by atoms with E-state index in [0.29, 0.717) is 5.82 Å². The summed E-state index contributed by atoms with van der Waals surface area (Å²) in [5.41, 5.74) is -0.210. The van der Waals surface area contributed by atoms with Crippen LogP contribution in [0.1, 0.15) is 36.5 Å². The van der Waals surface area contributed by atoms with Gasteiger partial charge in [0.15, 0.2) is 5.82 Å². The number of nitrogens with one attached hydrogen (secondary N) is 2. The lowest BCUT2D eigenvalue weighted by Crippen LogP contribution is -2.16. The first-order valence-corrected chi connectivity index (χ1v) is 7.82. The molecule has 1 amide bonds. The third-order valence-corrected chi connectivity index (χ3v) is 3.50. The molecule has 23 heavy (non-hydrogen) atoms. The predicted molar refractivity (Wildman–Crippen MR) is 89.4 cm³/mol. The summed E-state index contributed by atoms with van der Waals surface area (Å²) in [6, 6.07) is 7.37. The molecule has 2 rings (SSSR count). The maximum absolute atomic E-state index is 13.7. The lowest BCUT2D eigenvalue weighted by Gasteiger charge is -2.08. The van der Waals surface area contributed by atoms with Gasteiger partial charge in [-0.05, 0) is 30.7 Å². The van der Waals surface area contributed by atoms with E-state index >= 15 is 0 Å². The topological polar surface area (TPSA) is 66.9 Å². The Morgan fingerprint density at radius 1 is 1.17 bits per heavy atom. The average molecular weight is 337 g/mol. The van der Waals surface area contributed by atoms with Crippen LogP contribution in [0.4, 0.5) is 16.0 Å². The Labute approximate surface area is 139 Å². The first-order chi connectivity index (χ1) is 11.1. The second-order valence-electron chi connectivity index (χ2n) is 4.99. The fraction of sp³-hybridized carbons (Fsp3) is 0.312. The lowest BCUT2D eigenvalue weighted by molar-refractivity contribution is 0.102. The van der Waals surface area contributed by atoms with Crippen LogP contribution in [0.15, 0.2) is 30.3 Å². The highest BCUT2D eigenvalue weighted by Gasteiger charge is 2.16. The number of anilines is 2. The molecule has 1 aromatic heterocycles. The molecule has 0 fully saturated rings. The number of nitrogens with zero attached hydrogens (tertiary/aromatic N) is 2.